The molecule has 0 N–H and O–H groups in total. The average Bonchev–Trinajstić information content (AvgIpc) is 3.15. The minimum Gasteiger partial charge on any atom is -0.486 e. The minimum atomic E-state index is 0.336. The lowest BCUT2D eigenvalue weighted by Crippen LogP contribution is -2.02. The quantitative estimate of drug-likeness (QED) is 0.574. The number of ether oxygens (including phenoxy) is 1. The molecule has 0 saturated carbocycles. The fourth-order valence-electron chi connectivity index (χ4n) is 2.30. The van der Waals surface area contributed by atoms with Crippen LogP contribution in [0.25, 0.3) is 15.5 Å². The fraction of sp³-hybridized carbons (Fsp3) is 0.118. The molecular formula is C17H14N4OS. The Labute approximate surface area is 137 Å². The van der Waals surface area contributed by atoms with E-state index in [-0.39, 0.29) is 0 Å². The molecule has 0 spiro atoms. The van der Waals surface area contributed by atoms with Crippen molar-refractivity contribution in [2.24, 2.45) is 0 Å². The first-order valence-electron chi connectivity index (χ1n) is 7.25. The Bertz CT molecular complexity index is 946. The van der Waals surface area contributed by atoms with Gasteiger partial charge in [-0.25, -0.2) is 0 Å². The first kappa shape index (κ1) is 13.9. The average molecular weight is 322 g/mol. The van der Waals surface area contributed by atoms with Crippen molar-refractivity contribution in [1.29, 1.82) is 0 Å². The summed E-state index contributed by atoms with van der Waals surface area (Å²) >= 11 is 1.52. The van der Waals surface area contributed by atoms with E-state index < -0.39 is 0 Å². The molecule has 0 unspecified atom stereocenters. The van der Waals surface area contributed by atoms with Gasteiger partial charge in [0.25, 0.3) is 0 Å². The van der Waals surface area contributed by atoms with E-state index in [2.05, 4.69) is 15.3 Å². The summed E-state index contributed by atoms with van der Waals surface area (Å²) in [5, 5.41) is 13.9. The molecule has 0 aliphatic heterocycles. The molecule has 0 aliphatic carbocycles. The van der Waals surface area contributed by atoms with Gasteiger partial charge < -0.3 is 4.74 Å². The maximum Gasteiger partial charge on any atom is 0.235 e. The van der Waals surface area contributed by atoms with Crippen molar-refractivity contribution in [2.75, 3.05) is 0 Å². The first-order valence-corrected chi connectivity index (χ1v) is 8.07. The van der Waals surface area contributed by atoms with Gasteiger partial charge in [-0.05, 0) is 24.6 Å². The van der Waals surface area contributed by atoms with Crippen LogP contribution in [-0.4, -0.2) is 19.8 Å². The molecule has 2 aromatic heterocycles. The van der Waals surface area contributed by atoms with Crippen molar-refractivity contribution in [3.05, 3.63) is 66.0 Å². The maximum absolute atomic E-state index is 5.80. The highest BCUT2D eigenvalue weighted by atomic mass is 32.1. The van der Waals surface area contributed by atoms with Crippen LogP contribution in [0.5, 0.6) is 5.75 Å². The summed E-state index contributed by atoms with van der Waals surface area (Å²) in [6.45, 7) is 2.37. The van der Waals surface area contributed by atoms with E-state index in [1.807, 2.05) is 61.5 Å². The smallest absolute Gasteiger partial charge is 0.235 e. The number of fused-ring (bicyclic) bond motifs is 1. The lowest BCUT2D eigenvalue weighted by molar-refractivity contribution is 0.292. The highest BCUT2D eigenvalue weighted by Gasteiger charge is 2.13. The Hall–Kier alpha value is -2.73. The van der Waals surface area contributed by atoms with Crippen molar-refractivity contribution in [3.8, 4) is 16.3 Å². The molecule has 5 nitrogen and oxygen atoms in total. The van der Waals surface area contributed by atoms with Crippen LogP contribution >= 0.6 is 11.3 Å². The Kier molecular flexibility index (Phi) is 3.51. The third-order valence-electron chi connectivity index (χ3n) is 3.43. The molecule has 6 heteroatoms. The molecule has 0 aliphatic rings. The zero-order chi connectivity index (χ0) is 15.6. The van der Waals surface area contributed by atoms with Gasteiger partial charge in [0.2, 0.25) is 4.96 Å². The van der Waals surface area contributed by atoms with Crippen LogP contribution < -0.4 is 4.74 Å². The Balaban J connectivity index is 1.60. The largest absolute Gasteiger partial charge is 0.486 e. The molecule has 23 heavy (non-hydrogen) atoms. The predicted octanol–water partition coefficient (Wildman–Crippen LogP) is 3.74. The fourth-order valence-corrected chi connectivity index (χ4v) is 3.16. The van der Waals surface area contributed by atoms with Crippen LogP contribution in [0.3, 0.4) is 0 Å². The molecule has 0 saturated heterocycles. The first-order chi connectivity index (χ1) is 11.3. The Morgan fingerprint density at radius 1 is 1.04 bits per heavy atom. The second kappa shape index (κ2) is 5.81. The number of hydrogen-bond donors (Lipinski definition) is 0. The van der Waals surface area contributed by atoms with Crippen LogP contribution in [0.1, 0.15) is 11.4 Å². The Morgan fingerprint density at radius 3 is 2.74 bits per heavy atom. The van der Waals surface area contributed by atoms with Crippen molar-refractivity contribution >= 4 is 16.3 Å². The number of benzene rings is 2. The topological polar surface area (TPSA) is 52.3 Å². The van der Waals surface area contributed by atoms with Gasteiger partial charge >= 0.3 is 0 Å². The monoisotopic (exact) mass is 322 g/mol. The standard InChI is InChI=1S/C17H14N4OS/c1-12-6-5-9-14(10-12)22-11-15-18-19-17-21(15)20-16(23-17)13-7-3-2-4-8-13/h2-10H,11H2,1H3. The van der Waals surface area contributed by atoms with Gasteiger partial charge in [-0.2, -0.15) is 9.61 Å². The molecule has 0 amide bonds. The van der Waals surface area contributed by atoms with Gasteiger partial charge in [-0.3, -0.25) is 0 Å². The number of aryl methyl sites for hydroxylation is 1. The van der Waals surface area contributed by atoms with Crippen molar-refractivity contribution < 1.29 is 4.74 Å². The molecular weight excluding hydrogens is 308 g/mol. The summed E-state index contributed by atoms with van der Waals surface area (Å²) in [6, 6.07) is 18.0. The van der Waals surface area contributed by atoms with E-state index in [9.17, 15) is 0 Å². The summed E-state index contributed by atoms with van der Waals surface area (Å²) in [6.07, 6.45) is 0. The van der Waals surface area contributed by atoms with E-state index in [0.29, 0.717) is 12.4 Å². The van der Waals surface area contributed by atoms with Crippen LogP contribution in [0.2, 0.25) is 0 Å². The van der Waals surface area contributed by atoms with E-state index >= 15 is 0 Å². The van der Waals surface area contributed by atoms with Gasteiger partial charge in [0.15, 0.2) is 5.82 Å². The minimum absolute atomic E-state index is 0.336. The zero-order valence-electron chi connectivity index (χ0n) is 12.5. The predicted molar refractivity (Wildman–Crippen MR) is 89.6 cm³/mol. The van der Waals surface area contributed by atoms with Gasteiger partial charge in [0.1, 0.15) is 17.4 Å². The molecule has 0 fully saturated rings. The summed E-state index contributed by atoms with van der Waals surface area (Å²) < 4.78 is 7.55. The van der Waals surface area contributed by atoms with Crippen molar-refractivity contribution in [3.63, 3.8) is 0 Å². The lowest BCUT2D eigenvalue weighted by Gasteiger charge is -2.04. The summed E-state index contributed by atoms with van der Waals surface area (Å²) in [7, 11) is 0. The second-order valence-corrected chi connectivity index (χ2v) is 6.14. The van der Waals surface area contributed by atoms with Crippen LogP contribution in [0.4, 0.5) is 0 Å². The van der Waals surface area contributed by atoms with E-state index in [4.69, 9.17) is 4.74 Å². The number of aromatic nitrogens is 4. The number of nitrogens with zero attached hydrogens (tertiary/aromatic N) is 4. The highest BCUT2D eigenvalue weighted by molar-refractivity contribution is 7.19. The summed E-state index contributed by atoms with van der Waals surface area (Å²) in [4.78, 5) is 0.770. The molecule has 114 valence electrons. The van der Waals surface area contributed by atoms with Crippen LogP contribution in [0.15, 0.2) is 54.6 Å². The van der Waals surface area contributed by atoms with Gasteiger partial charge in [0, 0.05) is 5.56 Å². The van der Waals surface area contributed by atoms with Crippen LogP contribution in [-0.2, 0) is 6.61 Å². The molecule has 4 rings (SSSR count). The normalized spacial score (nSPS) is 11.0. The molecule has 4 aromatic rings. The van der Waals surface area contributed by atoms with E-state index in [1.54, 1.807) is 4.52 Å². The molecule has 2 aromatic carbocycles. The molecule has 0 radical (unpaired) electrons. The second-order valence-electron chi connectivity index (χ2n) is 5.19. The third-order valence-corrected chi connectivity index (χ3v) is 4.38. The summed E-state index contributed by atoms with van der Waals surface area (Å²) in [5.41, 5.74) is 2.24. The summed E-state index contributed by atoms with van der Waals surface area (Å²) in [5.74, 6) is 1.51. The van der Waals surface area contributed by atoms with E-state index in [0.717, 1.165) is 26.8 Å². The zero-order valence-corrected chi connectivity index (χ0v) is 13.3. The lowest BCUT2D eigenvalue weighted by atomic mass is 10.2. The molecule has 0 bridgehead atoms. The SMILES string of the molecule is Cc1cccc(OCc2nnc3sc(-c4ccccc4)nn23)c1. The van der Waals surface area contributed by atoms with E-state index in [1.165, 1.54) is 11.3 Å². The maximum atomic E-state index is 5.80. The van der Waals surface area contributed by atoms with Crippen LogP contribution in [0, 0.1) is 6.92 Å². The molecule has 0 atom stereocenters. The highest BCUT2D eigenvalue weighted by Crippen LogP contribution is 2.25. The molecule has 2 heterocycles. The van der Waals surface area contributed by atoms with Gasteiger partial charge in [-0.15, -0.1) is 10.2 Å². The van der Waals surface area contributed by atoms with Crippen molar-refractivity contribution in [1.82, 2.24) is 19.8 Å². The van der Waals surface area contributed by atoms with Gasteiger partial charge in [0.05, 0.1) is 0 Å². The third kappa shape index (κ3) is 2.80. The van der Waals surface area contributed by atoms with Gasteiger partial charge in [-0.1, -0.05) is 53.8 Å². The Morgan fingerprint density at radius 2 is 1.91 bits per heavy atom. The number of rotatable bonds is 4. The van der Waals surface area contributed by atoms with Crippen molar-refractivity contribution in [2.45, 2.75) is 13.5 Å². The number of hydrogen-bond acceptors (Lipinski definition) is 5.